The number of ether oxygens (including phenoxy) is 1. The molecule has 1 heterocycles. The summed E-state index contributed by atoms with van der Waals surface area (Å²) in [5, 5.41) is 9.81. The van der Waals surface area contributed by atoms with Gasteiger partial charge in [-0.1, -0.05) is 24.3 Å². The predicted octanol–water partition coefficient (Wildman–Crippen LogP) is 3.31. The molecule has 0 aliphatic carbocycles. The van der Waals surface area contributed by atoms with Crippen LogP contribution >= 0.6 is 0 Å². The highest BCUT2D eigenvalue weighted by molar-refractivity contribution is 5.77. The van der Waals surface area contributed by atoms with Gasteiger partial charge in [0.1, 0.15) is 11.5 Å². The third kappa shape index (κ3) is 3.70. The second-order valence-corrected chi connectivity index (χ2v) is 6.06. The van der Waals surface area contributed by atoms with Crippen LogP contribution in [0.3, 0.4) is 0 Å². The molecular weight excluding hydrogens is 302 g/mol. The Morgan fingerprint density at radius 1 is 1.21 bits per heavy atom. The van der Waals surface area contributed by atoms with E-state index in [1.807, 2.05) is 36.1 Å². The Morgan fingerprint density at radius 2 is 2.04 bits per heavy atom. The summed E-state index contributed by atoms with van der Waals surface area (Å²) in [6.45, 7) is 3.99. The fraction of sp³-hybridized carbons (Fsp3) is 0.350. The first-order valence-corrected chi connectivity index (χ1v) is 8.46. The smallest absolute Gasteiger partial charge is 0.223 e. The first kappa shape index (κ1) is 16.4. The number of carbonyl (C=O) groups excluding carboxylic acids is 1. The van der Waals surface area contributed by atoms with E-state index in [2.05, 4.69) is 6.07 Å². The summed E-state index contributed by atoms with van der Waals surface area (Å²) in [5.74, 6) is 1.25. The molecule has 1 amide bonds. The van der Waals surface area contributed by atoms with E-state index in [-0.39, 0.29) is 11.7 Å². The van der Waals surface area contributed by atoms with Crippen LogP contribution in [-0.2, 0) is 24.2 Å². The number of phenols is 1. The molecule has 0 fully saturated rings. The highest BCUT2D eigenvalue weighted by atomic mass is 16.5. The van der Waals surface area contributed by atoms with E-state index in [1.165, 1.54) is 11.1 Å². The first-order chi connectivity index (χ1) is 11.7. The Bertz CT molecular complexity index is 727. The van der Waals surface area contributed by atoms with Crippen LogP contribution in [0.5, 0.6) is 11.5 Å². The van der Waals surface area contributed by atoms with E-state index in [4.69, 9.17) is 4.74 Å². The number of hydrogen-bond acceptors (Lipinski definition) is 3. The lowest BCUT2D eigenvalue weighted by Crippen LogP contribution is -2.36. The molecule has 0 atom stereocenters. The lowest BCUT2D eigenvalue weighted by Gasteiger charge is -2.29. The SMILES string of the molecule is CCOc1ccc2c(c1)CN(C(=O)CCc1ccccc1O)CC2. The molecule has 0 aromatic heterocycles. The molecule has 0 unspecified atom stereocenters. The number of para-hydroxylation sites is 1. The molecule has 126 valence electrons. The van der Waals surface area contributed by atoms with Crippen molar-refractivity contribution < 1.29 is 14.6 Å². The van der Waals surface area contributed by atoms with Crippen molar-refractivity contribution in [3.63, 3.8) is 0 Å². The molecule has 24 heavy (non-hydrogen) atoms. The molecule has 2 aromatic rings. The van der Waals surface area contributed by atoms with Gasteiger partial charge in [-0.05, 0) is 54.7 Å². The van der Waals surface area contributed by atoms with Crippen LogP contribution in [0.15, 0.2) is 42.5 Å². The molecule has 0 spiro atoms. The summed E-state index contributed by atoms with van der Waals surface area (Å²) >= 11 is 0. The van der Waals surface area contributed by atoms with Gasteiger partial charge in [0, 0.05) is 19.5 Å². The summed E-state index contributed by atoms with van der Waals surface area (Å²) in [7, 11) is 0. The normalized spacial score (nSPS) is 13.5. The lowest BCUT2D eigenvalue weighted by molar-refractivity contribution is -0.132. The summed E-state index contributed by atoms with van der Waals surface area (Å²) < 4.78 is 5.55. The van der Waals surface area contributed by atoms with Crippen LogP contribution in [0.2, 0.25) is 0 Å². The second-order valence-electron chi connectivity index (χ2n) is 6.06. The summed E-state index contributed by atoms with van der Waals surface area (Å²) in [4.78, 5) is 14.4. The highest BCUT2D eigenvalue weighted by Gasteiger charge is 2.21. The zero-order chi connectivity index (χ0) is 16.9. The zero-order valence-electron chi connectivity index (χ0n) is 14.0. The quantitative estimate of drug-likeness (QED) is 0.917. The number of amides is 1. The topological polar surface area (TPSA) is 49.8 Å². The lowest BCUT2D eigenvalue weighted by atomic mass is 9.98. The predicted molar refractivity (Wildman–Crippen MR) is 93.2 cm³/mol. The van der Waals surface area contributed by atoms with Crippen molar-refractivity contribution >= 4 is 5.91 Å². The average molecular weight is 325 g/mol. The van der Waals surface area contributed by atoms with Gasteiger partial charge in [0.2, 0.25) is 5.91 Å². The molecule has 3 rings (SSSR count). The van der Waals surface area contributed by atoms with Crippen LogP contribution in [0, 0.1) is 0 Å². The number of aromatic hydroxyl groups is 1. The molecule has 4 heteroatoms. The Kier molecular flexibility index (Phi) is 5.04. The van der Waals surface area contributed by atoms with Crippen LogP contribution in [-0.4, -0.2) is 29.1 Å². The van der Waals surface area contributed by atoms with E-state index in [0.29, 0.717) is 26.0 Å². The summed E-state index contributed by atoms with van der Waals surface area (Å²) in [6.07, 6.45) is 1.86. The van der Waals surface area contributed by atoms with E-state index in [1.54, 1.807) is 12.1 Å². The van der Waals surface area contributed by atoms with Crippen LogP contribution in [0.1, 0.15) is 30.0 Å². The Labute approximate surface area is 142 Å². The maximum absolute atomic E-state index is 12.5. The monoisotopic (exact) mass is 325 g/mol. The molecule has 1 aliphatic rings. The number of nitrogens with zero attached hydrogens (tertiary/aromatic N) is 1. The number of phenolic OH excluding ortho intramolecular Hbond substituents is 1. The van der Waals surface area contributed by atoms with Crippen LogP contribution < -0.4 is 4.74 Å². The molecule has 1 aliphatic heterocycles. The van der Waals surface area contributed by atoms with Crippen molar-refractivity contribution in [2.24, 2.45) is 0 Å². The van der Waals surface area contributed by atoms with E-state index in [9.17, 15) is 9.90 Å². The molecule has 2 aromatic carbocycles. The van der Waals surface area contributed by atoms with Gasteiger partial charge < -0.3 is 14.7 Å². The zero-order valence-corrected chi connectivity index (χ0v) is 14.0. The van der Waals surface area contributed by atoms with Gasteiger partial charge in [-0.15, -0.1) is 0 Å². The van der Waals surface area contributed by atoms with Crippen molar-refractivity contribution in [3.05, 3.63) is 59.2 Å². The fourth-order valence-electron chi connectivity index (χ4n) is 3.12. The number of rotatable bonds is 5. The Hall–Kier alpha value is -2.49. The van der Waals surface area contributed by atoms with Gasteiger partial charge in [-0.2, -0.15) is 0 Å². The summed E-state index contributed by atoms with van der Waals surface area (Å²) in [5.41, 5.74) is 3.29. The minimum Gasteiger partial charge on any atom is -0.508 e. The van der Waals surface area contributed by atoms with Crippen molar-refractivity contribution in [2.45, 2.75) is 32.7 Å². The Morgan fingerprint density at radius 3 is 2.83 bits per heavy atom. The average Bonchev–Trinajstić information content (AvgIpc) is 2.60. The molecule has 4 nitrogen and oxygen atoms in total. The van der Waals surface area contributed by atoms with Crippen molar-refractivity contribution in [1.82, 2.24) is 4.90 Å². The van der Waals surface area contributed by atoms with Gasteiger partial charge in [-0.3, -0.25) is 4.79 Å². The number of fused-ring (bicyclic) bond motifs is 1. The first-order valence-electron chi connectivity index (χ1n) is 8.46. The van der Waals surface area contributed by atoms with Gasteiger partial charge in [-0.25, -0.2) is 0 Å². The van der Waals surface area contributed by atoms with Gasteiger partial charge in [0.05, 0.1) is 6.61 Å². The van der Waals surface area contributed by atoms with Crippen molar-refractivity contribution in [2.75, 3.05) is 13.2 Å². The van der Waals surface area contributed by atoms with Crippen LogP contribution in [0.4, 0.5) is 0 Å². The fourth-order valence-corrected chi connectivity index (χ4v) is 3.12. The molecular formula is C20H23NO3. The maximum Gasteiger partial charge on any atom is 0.223 e. The second kappa shape index (κ2) is 7.39. The standard InChI is InChI=1S/C20H23NO3/c1-2-24-18-9-7-15-11-12-21(14-17(15)13-18)20(23)10-8-16-5-3-4-6-19(16)22/h3-7,9,13,22H,2,8,10-12,14H2,1H3. The van der Waals surface area contributed by atoms with Crippen molar-refractivity contribution in [1.29, 1.82) is 0 Å². The molecule has 0 saturated carbocycles. The van der Waals surface area contributed by atoms with Gasteiger partial charge in [0.15, 0.2) is 0 Å². The van der Waals surface area contributed by atoms with Gasteiger partial charge >= 0.3 is 0 Å². The highest BCUT2D eigenvalue weighted by Crippen LogP contribution is 2.25. The number of benzene rings is 2. The number of carbonyl (C=O) groups is 1. The Balaban J connectivity index is 1.63. The number of hydrogen-bond donors (Lipinski definition) is 1. The van der Waals surface area contributed by atoms with Crippen molar-refractivity contribution in [3.8, 4) is 11.5 Å². The number of aryl methyl sites for hydroxylation is 1. The van der Waals surface area contributed by atoms with E-state index >= 15 is 0 Å². The third-order valence-corrected chi connectivity index (χ3v) is 4.45. The minimum atomic E-state index is 0.130. The van der Waals surface area contributed by atoms with Gasteiger partial charge in [0.25, 0.3) is 0 Å². The van der Waals surface area contributed by atoms with Crippen LogP contribution in [0.25, 0.3) is 0 Å². The molecule has 0 radical (unpaired) electrons. The van der Waals surface area contributed by atoms with E-state index < -0.39 is 0 Å². The minimum absolute atomic E-state index is 0.130. The largest absolute Gasteiger partial charge is 0.508 e. The van der Waals surface area contributed by atoms with E-state index in [0.717, 1.165) is 24.3 Å². The summed E-state index contributed by atoms with van der Waals surface area (Å²) in [6, 6.07) is 13.3. The molecule has 1 N–H and O–H groups in total. The molecule has 0 bridgehead atoms. The third-order valence-electron chi connectivity index (χ3n) is 4.45. The maximum atomic E-state index is 12.5. The molecule has 0 saturated heterocycles.